The Bertz CT molecular complexity index is 827. The third-order valence-electron chi connectivity index (χ3n) is 3.12. The molecular weight excluding hydrogens is 330 g/mol. The molecule has 8 heteroatoms. The molecule has 1 aliphatic rings. The van der Waals surface area contributed by atoms with Crippen LogP contribution >= 0.6 is 11.6 Å². The highest BCUT2D eigenvalue weighted by molar-refractivity contribution is 6.34. The first-order valence-corrected chi connectivity index (χ1v) is 6.84. The highest BCUT2D eigenvalue weighted by Crippen LogP contribution is 2.31. The molecule has 0 bridgehead atoms. The maximum Gasteiger partial charge on any atom is 0.262 e. The summed E-state index contributed by atoms with van der Waals surface area (Å²) in [4.78, 5) is 23.4. The molecule has 0 spiro atoms. The maximum atomic E-state index is 13.2. The van der Waals surface area contributed by atoms with E-state index in [9.17, 15) is 18.4 Å². The minimum absolute atomic E-state index is 0.0802. The third kappa shape index (κ3) is 3.09. The van der Waals surface area contributed by atoms with Crippen molar-refractivity contribution in [2.75, 3.05) is 17.2 Å². The molecule has 1 heterocycles. The third-order valence-corrected chi connectivity index (χ3v) is 3.44. The van der Waals surface area contributed by atoms with Crippen molar-refractivity contribution in [1.29, 1.82) is 0 Å². The van der Waals surface area contributed by atoms with Gasteiger partial charge in [-0.25, -0.2) is 8.78 Å². The minimum Gasteiger partial charge on any atom is -0.482 e. The second-order valence-electron chi connectivity index (χ2n) is 4.75. The molecule has 23 heavy (non-hydrogen) atoms. The van der Waals surface area contributed by atoms with Crippen LogP contribution in [0.2, 0.25) is 5.02 Å². The van der Waals surface area contributed by atoms with Gasteiger partial charge in [-0.3, -0.25) is 9.59 Å². The van der Waals surface area contributed by atoms with Crippen molar-refractivity contribution in [2.45, 2.75) is 0 Å². The molecule has 0 aliphatic carbocycles. The summed E-state index contributed by atoms with van der Waals surface area (Å²) in [5.74, 6) is -2.87. The van der Waals surface area contributed by atoms with Crippen molar-refractivity contribution >= 4 is 34.8 Å². The average molecular weight is 339 g/mol. The first-order chi connectivity index (χ1) is 10.9. The van der Waals surface area contributed by atoms with E-state index in [0.717, 1.165) is 12.1 Å². The zero-order valence-electron chi connectivity index (χ0n) is 11.5. The Morgan fingerprint density at radius 3 is 2.74 bits per heavy atom. The van der Waals surface area contributed by atoms with Crippen LogP contribution in [-0.2, 0) is 4.79 Å². The molecule has 0 fully saturated rings. The number of rotatable bonds is 2. The van der Waals surface area contributed by atoms with Gasteiger partial charge in [-0.15, -0.1) is 0 Å². The highest BCUT2D eigenvalue weighted by Gasteiger charge is 2.18. The van der Waals surface area contributed by atoms with E-state index in [2.05, 4.69) is 10.6 Å². The normalized spacial score (nSPS) is 12.9. The number of fused-ring (bicyclic) bond motifs is 1. The number of hydrogen-bond acceptors (Lipinski definition) is 3. The Morgan fingerprint density at radius 2 is 1.96 bits per heavy atom. The van der Waals surface area contributed by atoms with Crippen molar-refractivity contribution in [3.63, 3.8) is 0 Å². The van der Waals surface area contributed by atoms with Gasteiger partial charge >= 0.3 is 0 Å². The molecule has 118 valence electrons. The fourth-order valence-electron chi connectivity index (χ4n) is 2.06. The van der Waals surface area contributed by atoms with Gasteiger partial charge < -0.3 is 15.4 Å². The van der Waals surface area contributed by atoms with Crippen molar-refractivity contribution < 1.29 is 23.1 Å². The lowest BCUT2D eigenvalue weighted by Crippen LogP contribution is -2.25. The van der Waals surface area contributed by atoms with Crippen LogP contribution < -0.4 is 15.4 Å². The summed E-state index contributed by atoms with van der Waals surface area (Å²) < 4.78 is 31.5. The van der Waals surface area contributed by atoms with Crippen LogP contribution in [0, 0.1) is 11.6 Å². The predicted octanol–water partition coefficient (Wildman–Crippen LogP) is 3.20. The lowest BCUT2D eigenvalue weighted by Gasteiger charge is -2.18. The molecule has 0 radical (unpaired) electrons. The van der Waals surface area contributed by atoms with E-state index >= 15 is 0 Å². The van der Waals surface area contributed by atoms with Crippen molar-refractivity contribution in [3.05, 3.63) is 52.6 Å². The number of hydrogen-bond donors (Lipinski definition) is 2. The van der Waals surface area contributed by atoms with E-state index in [1.807, 2.05) is 0 Å². The Kier molecular flexibility index (Phi) is 3.87. The van der Waals surface area contributed by atoms with Crippen LogP contribution in [0.5, 0.6) is 5.75 Å². The van der Waals surface area contributed by atoms with Crippen LogP contribution in [0.1, 0.15) is 10.4 Å². The summed E-state index contributed by atoms with van der Waals surface area (Å²) in [6.45, 7) is -0.0802. The molecule has 2 aromatic rings. The van der Waals surface area contributed by atoms with Gasteiger partial charge in [-0.1, -0.05) is 11.6 Å². The molecule has 1 aliphatic heterocycles. The van der Waals surface area contributed by atoms with Crippen molar-refractivity contribution in [1.82, 2.24) is 0 Å². The van der Waals surface area contributed by atoms with Gasteiger partial charge in [0.2, 0.25) is 0 Å². The summed E-state index contributed by atoms with van der Waals surface area (Å²) in [6, 6.07) is 6.04. The number of halogens is 3. The van der Waals surface area contributed by atoms with E-state index in [1.54, 1.807) is 12.1 Å². The van der Waals surface area contributed by atoms with Crippen molar-refractivity contribution in [2.24, 2.45) is 0 Å². The van der Waals surface area contributed by atoms with Gasteiger partial charge in [0.15, 0.2) is 18.2 Å². The number of nitrogens with one attached hydrogen (secondary N) is 2. The SMILES string of the molecule is O=C1COc2ccc(NC(=O)c3cc(F)c(F)cc3Cl)cc2N1. The maximum absolute atomic E-state index is 13.2. The van der Waals surface area contributed by atoms with Gasteiger partial charge in [0.05, 0.1) is 16.3 Å². The van der Waals surface area contributed by atoms with Gasteiger partial charge in [0, 0.05) is 5.69 Å². The summed E-state index contributed by atoms with van der Waals surface area (Å²) >= 11 is 5.75. The predicted molar refractivity (Wildman–Crippen MR) is 79.9 cm³/mol. The lowest BCUT2D eigenvalue weighted by atomic mass is 10.2. The molecule has 2 aromatic carbocycles. The molecule has 3 rings (SSSR count). The molecule has 0 aromatic heterocycles. The van der Waals surface area contributed by atoms with Crippen LogP contribution in [-0.4, -0.2) is 18.4 Å². The smallest absolute Gasteiger partial charge is 0.262 e. The molecule has 0 atom stereocenters. The monoisotopic (exact) mass is 338 g/mol. The van der Waals surface area contributed by atoms with Crippen LogP contribution in [0.3, 0.4) is 0 Å². The Hall–Kier alpha value is -2.67. The summed E-state index contributed by atoms with van der Waals surface area (Å²) in [6.07, 6.45) is 0. The fraction of sp³-hybridized carbons (Fsp3) is 0.0667. The van der Waals surface area contributed by atoms with E-state index in [0.29, 0.717) is 17.1 Å². The number of ether oxygens (including phenoxy) is 1. The van der Waals surface area contributed by atoms with Crippen LogP contribution in [0.15, 0.2) is 30.3 Å². The zero-order chi connectivity index (χ0) is 16.6. The summed E-state index contributed by atoms with van der Waals surface area (Å²) in [5, 5.41) is 4.87. The Morgan fingerprint density at radius 1 is 1.22 bits per heavy atom. The second-order valence-corrected chi connectivity index (χ2v) is 5.16. The fourth-order valence-corrected chi connectivity index (χ4v) is 2.29. The zero-order valence-corrected chi connectivity index (χ0v) is 12.2. The lowest BCUT2D eigenvalue weighted by molar-refractivity contribution is -0.118. The quantitative estimate of drug-likeness (QED) is 0.826. The largest absolute Gasteiger partial charge is 0.482 e. The molecule has 0 saturated heterocycles. The molecule has 0 unspecified atom stereocenters. The van der Waals surface area contributed by atoms with Gasteiger partial charge in [0.25, 0.3) is 11.8 Å². The van der Waals surface area contributed by atoms with E-state index < -0.39 is 17.5 Å². The first-order valence-electron chi connectivity index (χ1n) is 6.46. The molecule has 2 N–H and O–H groups in total. The summed E-state index contributed by atoms with van der Waals surface area (Å²) in [5.41, 5.74) is 0.527. The Labute approximate surface area is 134 Å². The molecule has 5 nitrogen and oxygen atoms in total. The minimum atomic E-state index is -1.18. The van der Waals surface area contributed by atoms with Gasteiger partial charge in [-0.05, 0) is 30.3 Å². The molecular formula is C15H9ClF2N2O3. The summed E-state index contributed by atoms with van der Waals surface area (Å²) in [7, 11) is 0. The number of benzene rings is 2. The highest BCUT2D eigenvalue weighted by atomic mass is 35.5. The van der Waals surface area contributed by atoms with E-state index in [4.69, 9.17) is 16.3 Å². The Balaban J connectivity index is 1.85. The van der Waals surface area contributed by atoms with Crippen LogP contribution in [0.25, 0.3) is 0 Å². The van der Waals surface area contributed by atoms with Gasteiger partial charge in [0.1, 0.15) is 5.75 Å². The van der Waals surface area contributed by atoms with E-state index in [-0.39, 0.29) is 23.1 Å². The number of amides is 2. The van der Waals surface area contributed by atoms with Crippen LogP contribution in [0.4, 0.5) is 20.2 Å². The average Bonchev–Trinajstić information content (AvgIpc) is 2.50. The second kappa shape index (κ2) is 5.85. The molecule has 0 saturated carbocycles. The number of carbonyl (C=O) groups is 2. The standard InChI is InChI=1S/C15H9ClF2N2O3/c16-9-5-11(18)10(17)4-8(9)15(22)19-7-1-2-13-12(3-7)20-14(21)6-23-13/h1-5H,6H2,(H,19,22)(H,20,21). The first kappa shape index (κ1) is 15.2. The number of anilines is 2. The number of carbonyl (C=O) groups excluding carboxylic acids is 2. The van der Waals surface area contributed by atoms with Gasteiger partial charge in [-0.2, -0.15) is 0 Å². The van der Waals surface area contributed by atoms with E-state index in [1.165, 1.54) is 6.07 Å². The topological polar surface area (TPSA) is 67.4 Å². The molecule has 2 amide bonds. The van der Waals surface area contributed by atoms with Crippen molar-refractivity contribution in [3.8, 4) is 5.75 Å².